The van der Waals surface area contributed by atoms with Crippen LogP contribution in [-0.4, -0.2) is 52.9 Å². The lowest BCUT2D eigenvalue weighted by Gasteiger charge is -2.19. The number of aromatic nitrogens is 1. The van der Waals surface area contributed by atoms with Crippen LogP contribution in [0, 0.1) is 0 Å². The number of rotatable bonds is 11. The lowest BCUT2D eigenvalue weighted by molar-refractivity contribution is -0.139. The largest absolute Gasteiger partial charge is 0.480 e. The van der Waals surface area contributed by atoms with Gasteiger partial charge in [0.1, 0.15) is 24.1 Å². The number of fused-ring (bicyclic) bond motifs is 3. The first-order chi connectivity index (χ1) is 19.1. The fraction of sp³-hybridized carbons (Fsp3) is 0.355. The summed E-state index contributed by atoms with van der Waals surface area (Å²) in [7, 11) is 0. The summed E-state index contributed by atoms with van der Waals surface area (Å²) in [5.41, 5.74) is 4.21. The average molecular weight is 546 g/mol. The second-order valence-corrected chi connectivity index (χ2v) is 10.7. The van der Waals surface area contributed by atoms with Crippen LogP contribution in [-0.2, 0) is 14.3 Å². The maximum absolute atomic E-state index is 12.5. The van der Waals surface area contributed by atoms with Gasteiger partial charge in [-0.2, -0.15) is 0 Å². The van der Waals surface area contributed by atoms with Gasteiger partial charge < -0.3 is 25.2 Å². The number of aliphatic carboxylic acids is 1. The molecule has 1 heterocycles. The molecule has 0 bridgehead atoms. The predicted octanol–water partition coefficient (Wildman–Crippen LogP) is 5.61. The van der Waals surface area contributed by atoms with E-state index >= 15 is 0 Å². The Kier molecular flexibility index (Phi) is 9.04. The van der Waals surface area contributed by atoms with Crippen LogP contribution in [0.5, 0.6) is 0 Å². The molecule has 3 N–H and O–H groups in total. The molecule has 210 valence electrons. The maximum Gasteiger partial charge on any atom is 0.407 e. The Bertz CT molecular complexity index is 1300. The molecule has 1 atom stereocenters. The van der Waals surface area contributed by atoms with Crippen LogP contribution in [0.1, 0.15) is 67.4 Å². The maximum atomic E-state index is 12.5. The van der Waals surface area contributed by atoms with E-state index in [2.05, 4.69) is 27.8 Å². The van der Waals surface area contributed by atoms with Crippen LogP contribution in [0.15, 0.2) is 66.9 Å². The van der Waals surface area contributed by atoms with Gasteiger partial charge in [0, 0.05) is 18.7 Å². The summed E-state index contributed by atoms with van der Waals surface area (Å²) in [4.78, 5) is 40.6. The molecule has 2 aromatic carbocycles. The topological polar surface area (TPSA) is 127 Å². The third-order valence-corrected chi connectivity index (χ3v) is 6.56. The number of anilines is 1. The van der Waals surface area contributed by atoms with Gasteiger partial charge in [-0.3, -0.25) is 0 Å². The van der Waals surface area contributed by atoms with Crippen molar-refractivity contribution < 1.29 is 29.0 Å². The summed E-state index contributed by atoms with van der Waals surface area (Å²) in [6.07, 6.45) is 2.18. The number of benzene rings is 2. The van der Waals surface area contributed by atoms with Gasteiger partial charge in [-0.15, -0.1) is 0 Å². The SMILES string of the molecule is CC(C)(C)OC(=O)c1ccc(NCCCCC(NC(=O)OCC2c3ccccc3-c3ccccc32)C(=O)O)nc1. The zero-order valence-corrected chi connectivity index (χ0v) is 23.0. The van der Waals surface area contributed by atoms with Crippen molar-refractivity contribution in [3.05, 3.63) is 83.6 Å². The first-order valence-electron chi connectivity index (χ1n) is 13.4. The number of amides is 1. The minimum absolute atomic E-state index is 0.0979. The van der Waals surface area contributed by atoms with E-state index < -0.39 is 29.7 Å². The van der Waals surface area contributed by atoms with Gasteiger partial charge in [-0.1, -0.05) is 48.5 Å². The van der Waals surface area contributed by atoms with Crippen molar-refractivity contribution in [2.24, 2.45) is 0 Å². The van der Waals surface area contributed by atoms with Crippen LogP contribution in [0.25, 0.3) is 11.1 Å². The quantitative estimate of drug-likeness (QED) is 0.210. The summed E-state index contributed by atoms with van der Waals surface area (Å²) < 4.78 is 10.8. The molecule has 0 fully saturated rings. The Hall–Kier alpha value is -4.40. The highest BCUT2D eigenvalue weighted by molar-refractivity contribution is 5.89. The first kappa shape index (κ1) is 28.6. The summed E-state index contributed by atoms with van der Waals surface area (Å²) in [6, 6.07) is 18.3. The van der Waals surface area contributed by atoms with E-state index in [1.54, 1.807) is 32.9 Å². The first-order valence-corrected chi connectivity index (χ1v) is 13.4. The monoisotopic (exact) mass is 545 g/mol. The summed E-state index contributed by atoms with van der Waals surface area (Å²) in [5, 5.41) is 15.2. The Morgan fingerprint density at radius 2 is 1.60 bits per heavy atom. The van der Waals surface area contributed by atoms with Crippen molar-refractivity contribution >= 4 is 23.8 Å². The number of alkyl carbamates (subject to hydrolysis) is 1. The van der Waals surface area contributed by atoms with Crippen molar-refractivity contribution in [2.75, 3.05) is 18.5 Å². The minimum atomic E-state index is -1.11. The van der Waals surface area contributed by atoms with Gasteiger partial charge in [0.05, 0.1) is 5.56 Å². The molecule has 40 heavy (non-hydrogen) atoms. The molecule has 0 spiro atoms. The van der Waals surface area contributed by atoms with E-state index in [4.69, 9.17) is 9.47 Å². The van der Waals surface area contributed by atoms with Gasteiger partial charge in [0.2, 0.25) is 0 Å². The number of hydrogen-bond acceptors (Lipinski definition) is 7. The number of ether oxygens (including phenoxy) is 2. The highest BCUT2D eigenvalue weighted by Crippen LogP contribution is 2.44. The van der Waals surface area contributed by atoms with Crippen LogP contribution >= 0.6 is 0 Å². The number of hydrogen-bond donors (Lipinski definition) is 3. The number of carboxylic acids is 1. The molecule has 1 aliphatic carbocycles. The van der Waals surface area contributed by atoms with Gasteiger partial charge >= 0.3 is 18.0 Å². The number of carbonyl (C=O) groups is 3. The fourth-order valence-corrected chi connectivity index (χ4v) is 4.69. The molecule has 1 amide bonds. The van der Waals surface area contributed by atoms with E-state index in [9.17, 15) is 19.5 Å². The van der Waals surface area contributed by atoms with Crippen molar-refractivity contribution in [3.8, 4) is 11.1 Å². The second kappa shape index (κ2) is 12.6. The minimum Gasteiger partial charge on any atom is -0.480 e. The lowest BCUT2D eigenvalue weighted by atomic mass is 9.98. The molecule has 4 rings (SSSR count). The van der Waals surface area contributed by atoms with E-state index in [0.29, 0.717) is 30.8 Å². The standard InChI is InChI=1S/C31H35N3O6/c1-31(2,3)40-29(37)20-15-16-27(33-18-20)32-17-9-8-14-26(28(35)36)34-30(38)39-19-25-23-12-6-4-10-21(23)22-11-5-7-13-24(22)25/h4-7,10-13,15-16,18,25-26H,8-9,14,17,19H2,1-3H3,(H,32,33)(H,34,38)(H,35,36). The third-order valence-electron chi connectivity index (χ3n) is 6.56. The van der Waals surface area contributed by atoms with Gasteiger partial charge in [0.25, 0.3) is 0 Å². The normalized spacial score (nSPS) is 13.1. The average Bonchev–Trinajstić information content (AvgIpc) is 3.24. The van der Waals surface area contributed by atoms with Crippen molar-refractivity contribution in [2.45, 2.75) is 57.6 Å². The Morgan fingerprint density at radius 1 is 0.950 bits per heavy atom. The van der Waals surface area contributed by atoms with E-state index in [1.165, 1.54) is 6.20 Å². The fourth-order valence-electron chi connectivity index (χ4n) is 4.69. The highest BCUT2D eigenvalue weighted by Gasteiger charge is 2.29. The summed E-state index contributed by atoms with van der Waals surface area (Å²) >= 11 is 0. The Labute approximate surface area is 233 Å². The van der Waals surface area contributed by atoms with Crippen molar-refractivity contribution in [3.63, 3.8) is 0 Å². The Balaban J connectivity index is 1.20. The number of carboxylic acid groups (broad SMARTS) is 1. The second-order valence-electron chi connectivity index (χ2n) is 10.7. The number of esters is 1. The van der Waals surface area contributed by atoms with Gasteiger partial charge in [0.15, 0.2) is 0 Å². The van der Waals surface area contributed by atoms with Crippen molar-refractivity contribution in [1.82, 2.24) is 10.3 Å². The molecule has 9 heteroatoms. The molecule has 1 aromatic heterocycles. The molecular formula is C31H35N3O6. The van der Waals surface area contributed by atoms with E-state index in [1.807, 2.05) is 36.4 Å². The van der Waals surface area contributed by atoms with Crippen LogP contribution in [0.4, 0.5) is 10.6 Å². The molecule has 0 saturated heterocycles. The summed E-state index contributed by atoms with van der Waals surface area (Å²) in [5.74, 6) is -1.05. The Morgan fingerprint density at radius 3 is 2.17 bits per heavy atom. The van der Waals surface area contributed by atoms with Gasteiger partial charge in [-0.05, 0) is 74.4 Å². The number of carbonyl (C=O) groups excluding carboxylic acids is 2. The predicted molar refractivity (Wildman–Crippen MR) is 151 cm³/mol. The van der Waals surface area contributed by atoms with Crippen LogP contribution in [0.3, 0.4) is 0 Å². The molecule has 0 saturated carbocycles. The summed E-state index contributed by atoms with van der Waals surface area (Å²) in [6.45, 7) is 6.08. The molecule has 3 aromatic rings. The molecular weight excluding hydrogens is 510 g/mol. The highest BCUT2D eigenvalue weighted by atomic mass is 16.6. The van der Waals surface area contributed by atoms with E-state index in [0.717, 1.165) is 22.3 Å². The lowest BCUT2D eigenvalue weighted by Crippen LogP contribution is -2.41. The molecule has 0 radical (unpaired) electrons. The molecule has 0 aliphatic heterocycles. The number of pyridine rings is 1. The van der Waals surface area contributed by atoms with Crippen LogP contribution in [0.2, 0.25) is 0 Å². The third kappa shape index (κ3) is 7.37. The van der Waals surface area contributed by atoms with Crippen LogP contribution < -0.4 is 10.6 Å². The van der Waals surface area contributed by atoms with Gasteiger partial charge in [-0.25, -0.2) is 19.4 Å². The molecule has 1 unspecified atom stereocenters. The van der Waals surface area contributed by atoms with Crippen molar-refractivity contribution in [1.29, 1.82) is 0 Å². The zero-order chi connectivity index (χ0) is 28.7. The van der Waals surface area contributed by atoms with E-state index in [-0.39, 0.29) is 18.9 Å². The number of nitrogens with zero attached hydrogens (tertiary/aromatic N) is 1. The zero-order valence-electron chi connectivity index (χ0n) is 23.0. The number of unbranched alkanes of at least 4 members (excludes halogenated alkanes) is 1. The molecule has 1 aliphatic rings. The molecule has 9 nitrogen and oxygen atoms in total. The number of nitrogens with one attached hydrogen (secondary N) is 2. The smallest absolute Gasteiger partial charge is 0.407 e.